The first-order valence-electron chi connectivity index (χ1n) is 4.69. The number of amidine groups is 1. The summed E-state index contributed by atoms with van der Waals surface area (Å²) in [7, 11) is -1.90. The van der Waals surface area contributed by atoms with Gasteiger partial charge in [-0.2, -0.15) is 12.7 Å². The van der Waals surface area contributed by atoms with E-state index in [1.54, 1.807) is 0 Å². The van der Waals surface area contributed by atoms with Gasteiger partial charge in [-0.1, -0.05) is 0 Å². The Hall–Kier alpha value is -0.700. The van der Waals surface area contributed by atoms with Crippen LogP contribution in [0.1, 0.15) is 0 Å². The second-order valence-corrected chi connectivity index (χ2v) is 5.28. The van der Waals surface area contributed by atoms with E-state index in [9.17, 15) is 8.42 Å². The van der Waals surface area contributed by atoms with Crippen LogP contribution in [-0.2, 0) is 10.2 Å². The lowest BCUT2D eigenvalue weighted by atomic mass is 10.3. The molecule has 4 N–H and O–H groups in total. The van der Waals surface area contributed by atoms with Gasteiger partial charge in [-0.05, 0) is 0 Å². The number of nitrogens with two attached hydrogens (primary N) is 1. The Morgan fingerprint density at radius 3 is 2.33 bits per heavy atom. The van der Waals surface area contributed by atoms with Gasteiger partial charge in [0.2, 0.25) is 0 Å². The first-order chi connectivity index (χ1) is 6.95. The molecule has 1 aliphatic rings. The molecule has 0 aromatic carbocycles. The summed E-state index contributed by atoms with van der Waals surface area (Å²) in [5.41, 5.74) is 5.27. The van der Waals surface area contributed by atoms with E-state index >= 15 is 0 Å². The first kappa shape index (κ1) is 12.4. The fraction of sp³-hybridized carbons (Fsp3) is 0.857. The molecule has 0 aliphatic carbocycles. The zero-order chi connectivity index (χ0) is 11.5. The van der Waals surface area contributed by atoms with Crippen molar-refractivity contribution in [1.29, 1.82) is 5.41 Å². The van der Waals surface area contributed by atoms with Crippen LogP contribution in [0.4, 0.5) is 0 Å². The average molecular weight is 235 g/mol. The standard InChI is InChI=1S/C7H17N5O2S/c1-10-15(13,14)12-4-2-11(3-5-12)6-7(8)9/h10H,2-6H2,1H3,(H3,8,9). The number of rotatable bonds is 4. The van der Waals surface area contributed by atoms with Crippen LogP contribution in [0.15, 0.2) is 0 Å². The van der Waals surface area contributed by atoms with Crippen molar-refractivity contribution in [3.05, 3.63) is 0 Å². The molecule has 0 spiro atoms. The van der Waals surface area contributed by atoms with E-state index in [0.29, 0.717) is 32.7 Å². The molecule has 1 aliphatic heterocycles. The summed E-state index contributed by atoms with van der Waals surface area (Å²) in [5.74, 6) is 0.111. The zero-order valence-electron chi connectivity index (χ0n) is 8.73. The molecule has 1 saturated heterocycles. The van der Waals surface area contributed by atoms with Crippen molar-refractivity contribution < 1.29 is 8.42 Å². The van der Waals surface area contributed by atoms with Crippen molar-refractivity contribution >= 4 is 16.0 Å². The van der Waals surface area contributed by atoms with Crippen LogP contribution in [0.3, 0.4) is 0 Å². The zero-order valence-corrected chi connectivity index (χ0v) is 9.55. The molecule has 0 bridgehead atoms. The van der Waals surface area contributed by atoms with Crippen molar-refractivity contribution in [2.45, 2.75) is 0 Å². The Kier molecular flexibility index (Phi) is 4.03. The second kappa shape index (κ2) is 4.88. The van der Waals surface area contributed by atoms with Gasteiger partial charge in [0.1, 0.15) is 5.84 Å². The summed E-state index contributed by atoms with van der Waals surface area (Å²) < 4.78 is 26.5. The molecule has 88 valence electrons. The third kappa shape index (κ3) is 3.42. The second-order valence-electron chi connectivity index (χ2n) is 3.41. The molecule has 0 atom stereocenters. The maximum Gasteiger partial charge on any atom is 0.279 e. The normalized spacial score (nSPS) is 20.3. The third-order valence-corrected chi connectivity index (χ3v) is 3.88. The van der Waals surface area contributed by atoms with Gasteiger partial charge in [0.25, 0.3) is 10.2 Å². The highest BCUT2D eigenvalue weighted by atomic mass is 32.2. The van der Waals surface area contributed by atoms with Gasteiger partial charge in [0.15, 0.2) is 0 Å². The minimum absolute atomic E-state index is 0.111. The van der Waals surface area contributed by atoms with Gasteiger partial charge in [-0.25, -0.2) is 4.72 Å². The van der Waals surface area contributed by atoms with Crippen LogP contribution in [0.5, 0.6) is 0 Å². The minimum atomic E-state index is -3.30. The van der Waals surface area contributed by atoms with Crippen LogP contribution in [0.2, 0.25) is 0 Å². The first-order valence-corrected chi connectivity index (χ1v) is 6.13. The molecule has 1 rings (SSSR count). The quantitative estimate of drug-likeness (QED) is 0.387. The lowest BCUT2D eigenvalue weighted by molar-refractivity contribution is 0.208. The summed E-state index contributed by atoms with van der Waals surface area (Å²) in [6.45, 7) is 2.52. The SMILES string of the molecule is CNS(=O)(=O)N1CCN(CC(=N)N)CC1. The van der Waals surface area contributed by atoms with Crippen molar-refractivity contribution in [3.8, 4) is 0 Å². The van der Waals surface area contributed by atoms with Crippen molar-refractivity contribution in [2.24, 2.45) is 5.73 Å². The number of piperazine rings is 1. The van der Waals surface area contributed by atoms with E-state index in [2.05, 4.69) is 4.72 Å². The highest BCUT2D eigenvalue weighted by Gasteiger charge is 2.25. The molecule has 0 amide bonds. The fourth-order valence-electron chi connectivity index (χ4n) is 1.50. The van der Waals surface area contributed by atoms with E-state index in [1.807, 2.05) is 4.90 Å². The number of hydrogen-bond donors (Lipinski definition) is 3. The van der Waals surface area contributed by atoms with E-state index in [4.69, 9.17) is 11.1 Å². The Labute approximate surface area is 89.9 Å². The van der Waals surface area contributed by atoms with Crippen LogP contribution in [0.25, 0.3) is 0 Å². The van der Waals surface area contributed by atoms with Crippen LogP contribution in [0, 0.1) is 5.41 Å². The maximum absolute atomic E-state index is 11.4. The van der Waals surface area contributed by atoms with Gasteiger partial charge < -0.3 is 5.73 Å². The molecule has 7 nitrogen and oxygen atoms in total. The minimum Gasteiger partial charge on any atom is -0.387 e. The molecule has 0 aromatic heterocycles. The largest absolute Gasteiger partial charge is 0.387 e. The molecule has 0 aromatic rings. The Bertz CT molecular complexity index is 320. The van der Waals surface area contributed by atoms with E-state index < -0.39 is 10.2 Å². The molecular weight excluding hydrogens is 218 g/mol. The molecular formula is C7H17N5O2S. The molecule has 0 saturated carbocycles. The van der Waals surface area contributed by atoms with Crippen LogP contribution < -0.4 is 10.5 Å². The van der Waals surface area contributed by atoms with Gasteiger partial charge >= 0.3 is 0 Å². The molecule has 0 radical (unpaired) electrons. The summed E-state index contributed by atoms with van der Waals surface area (Å²) >= 11 is 0. The Morgan fingerprint density at radius 2 is 1.93 bits per heavy atom. The predicted molar refractivity (Wildman–Crippen MR) is 57.9 cm³/mol. The van der Waals surface area contributed by atoms with Gasteiger partial charge in [-0.3, -0.25) is 10.3 Å². The van der Waals surface area contributed by atoms with Gasteiger partial charge in [-0.15, -0.1) is 0 Å². The van der Waals surface area contributed by atoms with E-state index in [-0.39, 0.29) is 5.84 Å². The topological polar surface area (TPSA) is 103 Å². The smallest absolute Gasteiger partial charge is 0.279 e. The molecule has 15 heavy (non-hydrogen) atoms. The summed E-state index contributed by atoms with van der Waals surface area (Å²) in [4.78, 5) is 1.96. The summed E-state index contributed by atoms with van der Waals surface area (Å²) in [5, 5.41) is 7.13. The van der Waals surface area contributed by atoms with Crippen molar-refractivity contribution in [1.82, 2.24) is 13.9 Å². The fourth-order valence-corrected chi connectivity index (χ4v) is 2.40. The van der Waals surface area contributed by atoms with Gasteiger partial charge in [0.05, 0.1) is 6.54 Å². The molecule has 8 heteroatoms. The Morgan fingerprint density at radius 1 is 1.40 bits per heavy atom. The predicted octanol–water partition coefficient (Wildman–Crippen LogP) is -2.00. The van der Waals surface area contributed by atoms with Gasteiger partial charge in [0, 0.05) is 33.2 Å². The highest BCUT2D eigenvalue weighted by molar-refractivity contribution is 7.87. The Balaban J connectivity index is 2.46. The number of nitrogens with one attached hydrogen (secondary N) is 2. The maximum atomic E-state index is 11.4. The average Bonchev–Trinajstić information content (AvgIpc) is 2.18. The highest BCUT2D eigenvalue weighted by Crippen LogP contribution is 2.04. The molecule has 1 fully saturated rings. The summed E-state index contributed by atoms with van der Waals surface area (Å²) in [6, 6.07) is 0. The van der Waals surface area contributed by atoms with Crippen LogP contribution >= 0.6 is 0 Å². The lowest BCUT2D eigenvalue weighted by Gasteiger charge is -2.33. The molecule has 1 heterocycles. The summed E-state index contributed by atoms with van der Waals surface area (Å²) in [6.07, 6.45) is 0. The number of hydrogen-bond acceptors (Lipinski definition) is 4. The van der Waals surface area contributed by atoms with E-state index in [0.717, 1.165) is 0 Å². The van der Waals surface area contributed by atoms with Crippen molar-refractivity contribution in [3.63, 3.8) is 0 Å². The lowest BCUT2D eigenvalue weighted by Crippen LogP contribution is -2.52. The van der Waals surface area contributed by atoms with Crippen molar-refractivity contribution in [2.75, 3.05) is 39.8 Å². The third-order valence-electron chi connectivity index (χ3n) is 2.32. The molecule has 0 unspecified atom stereocenters. The number of nitrogens with zero attached hydrogens (tertiary/aromatic N) is 2. The monoisotopic (exact) mass is 235 g/mol. The van der Waals surface area contributed by atoms with E-state index in [1.165, 1.54) is 11.4 Å². The van der Waals surface area contributed by atoms with Crippen LogP contribution in [-0.4, -0.2) is 63.2 Å².